The summed E-state index contributed by atoms with van der Waals surface area (Å²) in [7, 11) is 0. The van der Waals surface area contributed by atoms with E-state index in [1.807, 2.05) is 18.2 Å². The summed E-state index contributed by atoms with van der Waals surface area (Å²) >= 11 is 5.93. The van der Waals surface area contributed by atoms with Crippen molar-refractivity contribution in [2.75, 3.05) is 0 Å². The Morgan fingerprint density at radius 2 is 1.94 bits per heavy atom. The molecule has 5 heteroatoms. The highest BCUT2D eigenvalue weighted by atomic mass is 35.5. The van der Waals surface area contributed by atoms with Crippen LogP contribution in [0.5, 0.6) is 0 Å². The number of furan rings is 1. The van der Waals surface area contributed by atoms with Gasteiger partial charge in [-0.1, -0.05) is 11.6 Å². The smallest absolute Gasteiger partial charge is 0.134 e. The average molecular weight is 260 g/mol. The maximum atomic E-state index is 6.11. The summed E-state index contributed by atoms with van der Waals surface area (Å²) in [5.41, 5.74) is 7.68. The second-order valence-corrected chi connectivity index (χ2v) is 4.42. The molecule has 2 N–H and O–H groups in total. The van der Waals surface area contributed by atoms with Crippen LogP contribution in [0.25, 0.3) is 11.0 Å². The van der Waals surface area contributed by atoms with Gasteiger partial charge < -0.3 is 10.2 Å². The molecule has 18 heavy (non-hydrogen) atoms. The second-order valence-electron chi connectivity index (χ2n) is 3.98. The van der Waals surface area contributed by atoms with Gasteiger partial charge in [0.25, 0.3) is 0 Å². The zero-order valence-corrected chi connectivity index (χ0v) is 10.1. The fraction of sp³-hybridized carbons (Fsp3) is 0.0769. The molecule has 3 rings (SSSR count). The maximum Gasteiger partial charge on any atom is 0.134 e. The lowest BCUT2D eigenvalue weighted by Crippen LogP contribution is -2.11. The van der Waals surface area contributed by atoms with Crippen LogP contribution < -0.4 is 5.73 Å². The van der Waals surface area contributed by atoms with E-state index in [9.17, 15) is 0 Å². The van der Waals surface area contributed by atoms with Crippen LogP contribution in [0.2, 0.25) is 5.02 Å². The number of hydrogen-bond acceptors (Lipinski definition) is 4. The monoisotopic (exact) mass is 259 g/mol. The summed E-state index contributed by atoms with van der Waals surface area (Å²) in [5, 5.41) is 1.61. The first kappa shape index (κ1) is 11.2. The van der Waals surface area contributed by atoms with Crippen LogP contribution in [0.4, 0.5) is 0 Å². The van der Waals surface area contributed by atoms with E-state index in [-0.39, 0.29) is 6.04 Å². The Balaban J connectivity index is 2.04. The van der Waals surface area contributed by atoms with Crippen LogP contribution >= 0.6 is 11.6 Å². The van der Waals surface area contributed by atoms with Gasteiger partial charge >= 0.3 is 0 Å². The average Bonchev–Trinajstić information content (AvgIpc) is 2.81. The predicted molar refractivity (Wildman–Crippen MR) is 69.3 cm³/mol. The zero-order chi connectivity index (χ0) is 12.5. The zero-order valence-electron chi connectivity index (χ0n) is 9.38. The van der Waals surface area contributed by atoms with Crippen molar-refractivity contribution in [1.82, 2.24) is 9.97 Å². The molecule has 1 atom stereocenters. The van der Waals surface area contributed by atoms with Crippen LogP contribution in [0.3, 0.4) is 0 Å². The van der Waals surface area contributed by atoms with Gasteiger partial charge in [-0.3, -0.25) is 0 Å². The molecule has 0 saturated carbocycles. The third-order valence-electron chi connectivity index (χ3n) is 2.74. The molecular formula is C13H10ClN3O. The van der Waals surface area contributed by atoms with Crippen LogP contribution in [0.1, 0.15) is 17.4 Å². The SMILES string of the molecule is NC(c1cncnc1)c1cc2cc(Cl)ccc2o1. The van der Waals surface area contributed by atoms with E-state index in [0.717, 1.165) is 16.5 Å². The Kier molecular flexibility index (Phi) is 2.74. The Morgan fingerprint density at radius 1 is 1.17 bits per heavy atom. The first-order chi connectivity index (χ1) is 8.74. The van der Waals surface area contributed by atoms with E-state index >= 15 is 0 Å². The number of aromatic nitrogens is 2. The number of rotatable bonds is 2. The summed E-state index contributed by atoms with van der Waals surface area (Å²) in [6.45, 7) is 0. The number of benzene rings is 1. The van der Waals surface area contributed by atoms with Crippen molar-refractivity contribution in [1.29, 1.82) is 0 Å². The van der Waals surface area contributed by atoms with Crippen LogP contribution in [-0.4, -0.2) is 9.97 Å². The number of nitrogens with two attached hydrogens (primary N) is 1. The van der Waals surface area contributed by atoms with Gasteiger partial charge in [-0.2, -0.15) is 0 Å². The highest BCUT2D eigenvalue weighted by molar-refractivity contribution is 6.31. The molecule has 0 aliphatic rings. The summed E-state index contributed by atoms with van der Waals surface area (Å²) in [4.78, 5) is 7.89. The molecule has 0 saturated heterocycles. The van der Waals surface area contributed by atoms with Crippen molar-refractivity contribution in [2.24, 2.45) is 5.73 Å². The fourth-order valence-electron chi connectivity index (χ4n) is 1.82. The Hall–Kier alpha value is -1.91. The minimum absolute atomic E-state index is 0.377. The minimum Gasteiger partial charge on any atom is -0.459 e. The topological polar surface area (TPSA) is 64.9 Å². The molecule has 3 aromatic rings. The molecule has 0 aliphatic carbocycles. The standard InChI is InChI=1S/C13H10ClN3O/c14-10-1-2-11-8(3-10)4-12(18-11)13(15)9-5-16-7-17-6-9/h1-7,13H,15H2. The van der Waals surface area contributed by atoms with Gasteiger partial charge in [-0.15, -0.1) is 0 Å². The van der Waals surface area contributed by atoms with Crippen LogP contribution in [-0.2, 0) is 0 Å². The molecule has 4 nitrogen and oxygen atoms in total. The number of hydrogen-bond donors (Lipinski definition) is 1. The molecule has 0 aliphatic heterocycles. The summed E-state index contributed by atoms with van der Waals surface area (Å²) in [6, 6.07) is 6.97. The van der Waals surface area contributed by atoms with Crippen molar-refractivity contribution in [2.45, 2.75) is 6.04 Å². The van der Waals surface area contributed by atoms with Crippen molar-refractivity contribution in [3.05, 3.63) is 59.3 Å². The van der Waals surface area contributed by atoms with Crippen LogP contribution in [0.15, 0.2) is 47.4 Å². The number of nitrogens with zero attached hydrogens (tertiary/aromatic N) is 2. The predicted octanol–water partition coefficient (Wildman–Crippen LogP) is 2.92. The highest BCUT2D eigenvalue weighted by Gasteiger charge is 2.14. The largest absolute Gasteiger partial charge is 0.459 e. The van der Waals surface area contributed by atoms with E-state index in [1.165, 1.54) is 6.33 Å². The molecule has 90 valence electrons. The van der Waals surface area contributed by atoms with Crippen molar-refractivity contribution in [3.8, 4) is 0 Å². The first-order valence-electron chi connectivity index (χ1n) is 5.43. The van der Waals surface area contributed by atoms with Crippen molar-refractivity contribution < 1.29 is 4.42 Å². The van der Waals surface area contributed by atoms with Gasteiger partial charge in [-0.05, 0) is 24.3 Å². The third-order valence-corrected chi connectivity index (χ3v) is 2.98. The summed E-state index contributed by atoms with van der Waals surface area (Å²) in [6.07, 6.45) is 4.82. The molecule has 1 aromatic carbocycles. The minimum atomic E-state index is -0.377. The quantitative estimate of drug-likeness (QED) is 0.768. The van der Waals surface area contributed by atoms with E-state index in [1.54, 1.807) is 18.5 Å². The van der Waals surface area contributed by atoms with Gasteiger partial charge in [0, 0.05) is 28.4 Å². The first-order valence-corrected chi connectivity index (χ1v) is 5.81. The normalized spacial score (nSPS) is 12.8. The van der Waals surface area contributed by atoms with Crippen molar-refractivity contribution >= 4 is 22.6 Å². The fourth-order valence-corrected chi connectivity index (χ4v) is 2.00. The lowest BCUT2D eigenvalue weighted by molar-refractivity contribution is 0.524. The lowest BCUT2D eigenvalue weighted by atomic mass is 10.1. The van der Waals surface area contributed by atoms with E-state index < -0.39 is 0 Å². The number of halogens is 1. The molecule has 0 fully saturated rings. The molecule has 0 radical (unpaired) electrons. The van der Waals surface area contributed by atoms with E-state index in [4.69, 9.17) is 21.8 Å². The molecule has 0 amide bonds. The molecule has 0 bridgehead atoms. The van der Waals surface area contributed by atoms with E-state index in [0.29, 0.717) is 10.8 Å². The van der Waals surface area contributed by atoms with Gasteiger partial charge in [0.1, 0.15) is 17.7 Å². The van der Waals surface area contributed by atoms with Gasteiger partial charge in [0.05, 0.1) is 6.04 Å². The van der Waals surface area contributed by atoms with Gasteiger partial charge in [-0.25, -0.2) is 9.97 Å². The third kappa shape index (κ3) is 1.96. The van der Waals surface area contributed by atoms with Crippen molar-refractivity contribution in [3.63, 3.8) is 0 Å². The molecular weight excluding hydrogens is 250 g/mol. The Bertz CT molecular complexity index is 681. The van der Waals surface area contributed by atoms with Crippen LogP contribution in [0, 0.1) is 0 Å². The maximum absolute atomic E-state index is 6.11. The van der Waals surface area contributed by atoms with Gasteiger partial charge in [0.15, 0.2) is 0 Å². The summed E-state index contributed by atoms with van der Waals surface area (Å²) in [5.74, 6) is 0.669. The molecule has 0 spiro atoms. The van der Waals surface area contributed by atoms with E-state index in [2.05, 4.69) is 9.97 Å². The molecule has 2 heterocycles. The Labute approximate surface area is 108 Å². The molecule has 2 aromatic heterocycles. The summed E-state index contributed by atoms with van der Waals surface area (Å²) < 4.78 is 5.70. The lowest BCUT2D eigenvalue weighted by Gasteiger charge is -2.06. The Morgan fingerprint density at radius 3 is 2.72 bits per heavy atom. The second kappa shape index (κ2) is 4.40. The highest BCUT2D eigenvalue weighted by Crippen LogP contribution is 2.27. The molecule has 1 unspecified atom stereocenters. The van der Waals surface area contributed by atoms with Gasteiger partial charge in [0.2, 0.25) is 0 Å². The number of fused-ring (bicyclic) bond motifs is 1.